The second kappa shape index (κ2) is 16.3. The Hall–Kier alpha value is -10.8. The summed E-state index contributed by atoms with van der Waals surface area (Å²) in [6.07, 6.45) is 9.33. The van der Waals surface area contributed by atoms with Crippen molar-refractivity contribution in [3.63, 3.8) is 0 Å². The van der Waals surface area contributed by atoms with Gasteiger partial charge in [-0.25, -0.2) is 9.97 Å². The minimum Gasteiger partial charge on any atom is -0.456 e. The second-order valence-corrected chi connectivity index (χ2v) is 19.8. The molecule has 8 aromatic heterocycles. The average molecular weight is 1000 g/mol. The fourth-order valence-electron chi connectivity index (χ4n) is 12.0. The molecule has 0 aliphatic rings. The highest BCUT2D eigenvalue weighted by atomic mass is 16.3. The third kappa shape index (κ3) is 6.31. The predicted octanol–water partition coefficient (Wildman–Crippen LogP) is 18.1. The van der Waals surface area contributed by atoms with Gasteiger partial charge in [0.05, 0.1) is 39.3 Å². The molecule has 0 saturated carbocycles. The molecule has 0 spiro atoms. The third-order valence-electron chi connectivity index (χ3n) is 15.5. The maximum Gasteiger partial charge on any atom is 0.387 e. The Kier molecular flexibility index (Phi) is 8.90. The van der Waals surface area contributed by atoms with Crippen LogP contribution < -0.4 is 14.4 Å². The quantitative estimate of drug-likeness (QED) is 0.114. The molecule has 0 saturated heterocycles. The van der Waals surface area contributed by atoms with Gasteiger partial charge in [-0.15, -0.1) is 4.57 Å². The first-order valence-corrected chi connectivity index (χ1v) is 25.9. The van der Waals surface area contributed by atoms with Crippen molar-refractivity contribution < 1.29 is 22.2 Å². The van der Waals surface area contributed by atoms with E-state index < -0.39 is 0 Å². The van der Waals surface area contributed by atoms with Crippen LogP contribution in [0.3, 0.4) is 0 Å². The van der Waals surface area contributed by atoms with Crippen molar-refractivity contribution in [3.05, 3.63) is 237 Å². The Labute approximate surface area is 442 Å². The van der Waals surface area contributed by atoms with Gasteiger partial charge < -0.3 is 27.5 Å². The van der Waals surface area contributed by atoms with E-state index in [0.29, 0.717) is 17.0 Å². The van der Waals surface area contributed by atoms with E-state index >= 15 is 0 Å². The molecule has 17 rings (SSSR count). The number of rotatable bonds is 7. The van der Waals surface area contributed by atoms with E-state index in [1.807, 2.05) is 55.0 Å². The first-order valence-electron chi connectivity index (χ1n) is 25.9. The zero-order chi connectivity index (χ0) is 51.0. The largest absolute Gasteiger partial charge is 0.456 e. The minimum atomic E-state index is 0.596. The van der Waals surface area contributed by atoms with E-state index in [1.54, 1.807) is 12.4 Å². The maximum atomic E-state index is 6.99. The summed E-state index contributed by atoms with van der Waals surface area (Å²) in [5.74, 6) is 0. The van der Waals surface area contributed by atoms with Crippen LogP contribution in [0.2, 0.25) is 0 Å². The number of fused-ring (bicyclic) bond motifs is 16. The van der Waals surface area contributed by atoms with Gasteiger partial charge in [-0.1, -0.05) is 91.0 Å². The van der Waals surface area contributed by atoms with Crippen LogP contribution in [-0.2, 0) is 0 Å². The molecular formula is C68H39N6O4+. The highest BCUT2D eigenvalue weighted by Gasteiger charge is 2.28. The highest BCUT2D eigenvalue weighted by molar-refractivity contribution is 6.19. The third-order valence-corrected chi connectivity index (χ3v) is 15.5. The van der Waals surface area contributed by atoms with Crippen LogP contribution in [0, 0.1) is 0 Å². The Balaban J connectivity index is 0.829. The molecule has 364 valence electrons. The number of anilines is 6. The van der Waals surface area contributed by atoms with Gasteiger partial charge in [0.25, 0.3) is 0 Å². The molecule has 0 aliphatic carbocycles. The van der Waals surface area contributed by atoms with Crippen LogP contribution >= 0.6 is 0 Å². The van der Waals surface area contributed by atoms with Crippen molar-refractivity contribution in [2.24, 2.45) is 0 Å². The van der Waals surface area contributed by atoms with E-state index in [1.165, 1.54) is 10.8 Å². The average Bonchev–Trinajstić information content (AvgIpc) is 4.45. The van der Waals surface area contributed by atoms with Gasteiger partial charge >= 0.3 is 5.71 Å². The molecule has 0 N–H and O–H groups in total. The molecular weight excluding hydrogens is 965 g/mol. The van der Waals surface area contributed by atoms with E-state index in [4.69, 9.17) is 22.7 Å². The monoisotopic (exact) mass is 1000 g/mol. The van der Waals surface area contributed by atoms with Gasteiger partial charge in [-0.2, -0.15) is 0 Å². The number of hydrogen-bond donors (Lipinski definition) is 0. The van der Waals surface area contributed by atoms with Crippen molar-refractivity contribution in [2.75, 3.05) is 9.80 Å². The smallest absolute Gasteiger partial charge is 0.387 e. The lowest BCUT2D eigenvalue weighted by Crippen LogP contribution is -2.30. The van der Waals surface area contributed by atoms with Crippen LogP contribution in [0.4, 0.5) is 34.1 Å². The minimum absolute atomic E-state index is 0.596. The standard InChI is InChI=1S/C68H39N6O4/c1-2-12-41-33-43(24-23-40(41)11-1)73(55-19-7-21-61-64(55)50-17-9-30-70-67(50)77-61)44-25-28-59-53(36-44)66-63(76-59)37-46(38-71-66)72-32-10-18-51-65-56(20-8-22-62(65)78-68(51)72)74(45-26-27-58-52(35-45)54-39-69-31-29-60(54)75-58)57-34-42-13-3-4-14-47(42)48-15-5-6-16-49(48)57/h1-39H/q+1. The Morgan fingerprint density at radius 1 is 0.346 bits per heavy atom. The normalized spacial score (nSPS) is 12.1. The van der Waals surface area contributed by atoms with Crippen molar-refractivity contribution in [2.45, 2.75) is 0 Å². The molecule has 17 aromatic rings. The summed E-state index contributed by atoms with van der Waals surface area (Å²) in [6, 6.07) is 72.0. The fraction of sp³-hybridized carbons (Fsp3) is 0. The molecule has 8 heterocycles. The van der Waals surface area contributed by atoms with Crippen LogP contribution in [0.15, 0.2) is 255 Å². The summed E-state index contributed by atoms with van der Waals surface area (Å²) in [5, 5.41) is 13.6. The Morgan fingerprint density at radius 3 is 1.90 bits per heavy atom. The number of aromatic nitrogens is 4. The second-order valence-electron chi connectivity index (χ2n) is 19.8. The Bertz CT molecular complexity index is 5340. The lowest BCUT2D eigenvalue weighted by molar-refractivity contribution is -0.574. The van der Waals surface area contributed by atoms with Gasteiger partial charge in [0.2, 0.25) is 11.4 Å². The summed E-state index contributed by atoms with van der Waals surface area (Å²) in [7, 11) is 0. The summed E-state index contributed by atoms with van der Waals surface area (Å²) in [4.78, 5) is 18.9. The molecule has 0 radical (unpaired) electrons. The zero-order valence-corrected chi connectivity index (χ0v) is 41.3. The first kappa shape index (κ1) is 42.5. The van der Waals surface area contributed by atoms with E-state index in [2.05, 4.69) is 194 Å². The van der Waals surface area contributed by atoms with E-state index in [9.17, 15) is 0 Å². The van der Waals surface area contributed by atoms with Gasteiger partial charge in [-0.05, 0) is 130 Å². The van der Waals surface area contributed by atoms with Crippen LogP contribution in [0.5, 0.6) is 0 Å². The Morgan fingerprint density at radius 2 is 1.01 bits per heavy atom. The van der Waals surface area contributed by atoms with Crippen LogP contribution in [0.1, 0.15) is 0 Å². The molecule has 78 heavy (non-hydrogen) atoms. The van der Waals surface area contributed by atoms with Crippen molar-refractivity contribution >= 4 is 155 Å². The number of furan rings is 4. The molecule has 0 unspecified atom stereocenters. The lowest BCUT2D eigenvalue weighted by atomic mass is 9.98. The molecule has 9 aromatic carbocycles. The molecule has 0 bridgehead atoms. The van der Waals surface area contributed by atoms with Gasteiger partial charge in [0.15, 0.2) is 11.8 Å². The number of nitrogens with zero attached hydrogens (tertiary/aromatic N) is 6. The first-order chi connectivity index (χ1) is 38.6. The molecule has 10 heteroatoms. The molecule has 0 atom stereocenters. The summed E-state index contributed by atoms with van der Waals surface area (Å²) in [5.41, 5.74) is 13.2. The fourth-order valence-corrected chi connectivity index (χ4v) is 12.0. The number of pyridine rings is 4. The van der Waals surface area contributed by atoms with Crippen molar-refractivity contribution in [1.82, 2.24) is 15.0 Å². The summed E-state index contributed by atoms with van der Waals surface area (Å²) in [6.45, 7) is 0. The van der Waals surface area contributed by atoms with Crippen molar-refractivity contribution in [1.29, 1.82) is 0 Å². The van der Waals surface area contributed by atoms with Gasteiger partial charge in [0.1, 0.15) is 45.0 Å². The van der Waals surface area contributed by atoms with Crippen LogP contribution in [-0.4, -0.2) is 15.0 Å². The van der Waals surface area contributed by atoms with Crippen LogP contribution in [0.25, 0.3) is 126 Å². The number of hydrogen-bond acceptors (Lipinski definition) is 9. The topological polar surface area (TPSA) is 102 Å². The predicted molar refractivity (Wildman–Crippen MR) is 312 cm³/mol. The lowest BCUT2D eigenvalue weighted by Gasteiger charge is -2.28. The van der Waals surface area contributed by atoms with Gasteiger partial charge in [-0.3, -0.25) is 4.98 Å². The van der Waals surface area contributed by atoms with Crippen molar-refractivity contribution in [3.8, 4) is 5.69 Å². The molecule has 10 nitrogen and oxygen atoms in total. The SMILES string of the molecule is c1ccc2cc(N(c3ccc4oc5cc(-[n+]6cccc7c8c(N(c9ccc%10oc%11ccncc%11c%10c9)c9cc%10ccccc%10c%10ccccc9%10)cccc8oc76)cnc5c4c3)c3cccc4oc5ncccc5c34)ccc2c1. The summed E-state index contributed by atoms with van der Waals surface area (Å²) < 4.78 is 28.4. The zero-order valence-electron chi connectivity index (χ0n) is 41.3. The maximum absolute atomic E-state index is 6.99. The molecule has 0 amide bonds. The van der Waals surface area contributed by atoms with E-state index in [0.717, 1.165) is 132 Å². The molecule has 0 fully saturated rings. The van der Waals surface area contributed by atoms with Gasteiger partial charge in [0, 0.05) is 63.3 Å². The highest BCUT2D eigenvalue weighted by Crippen LogP contribution is 2.48. The summed E-state index contributed by atoms with van der Waals surface area (Å²) >= 11 is 0. The van der Waals surface area contributed by atoms with E-state index in [-0.39, 0.29) is 0 Å². The number of benzene rings is 9. The molecule has 0 aliphatic heterocycles.